The molecule has 2 aromatic heterocycles. The van der Waals surface area contributed by atoms with E-state index in [1.54, 1.807) is 6.20 Å². The molecule has 1 aliphatic rings. The number of ketones is 1. The van der Waals surface area contributed by atoms with Crippen molar-refractivity contribution in [2.24, 2.45) is 11.8 Å². The Hall–Kier alpha value is -3.28. The van der Waals surface area contributed by atoms with Gasteiger partial charge in [-0.25, -0.2) is 4.98 Å². The zero-order valence-corrected chi connectivity index (χ0v) is 22.1. The number of hydrogen-bond acceptors (Lipinski definition) is 5. The van der Waals surface area contributed by atoms with Gasteiger partial charge >= 0.3 is 0 Å². The van der Waals surface area contributed by atoms with Gasteiger partial charge in [-0.2, -0.15) is 0 Å². The Labute approximate surface area is 220 Å². The van der Waals surface area contributed by atoms with Crippen LogP contribution in [0.4, 0.5) is 0 Å². The number of nitrogens with one attached hydrogen (secondary N) is 1. The predicted octanol–water partition coefficient (Wildman–Crippen LogP) is 6.60. The largest absolute Gasteiger partial charge is 0.431 e. The highest BCUT2D eigenvalue weighted by molar-refractivity contribution is 6.00. The van der Waals surface area contributed by atoms with E-state index < -0.39 is 6.04 Å². The fraction of sp³-hybridized carbons (Fsp3) is 0.484. The van der Waals surface area contributed by atoms with Gasteiger partial charge in [-0.1, -0.05) is 82.3 Å². The van der Waals surface area contributed by atoms with Crippen molar-refractivity contribution in [2.75, 3.05) is 0 Å². The first kappa shape index (κ1) is 26.8. The highest BCUT2D eigenvalue weighted by Crippen LogP contribution is 2.28. The van der Waals surface area contributed by atoms with Gasteiger partial charge in [0.05, 0.1) is 11.7 Å². The minimum atomic E-state index is -0.672. The summed E-state index contributed by atoms with van der Waals surface area (Å²) in [5.74, 6) is 1.20. The van der Waals surface area contributed by atoms with Gasteiger partial charge in [-0.15, -0.1) is 0 Å². The molecule has 1 aliphatic carbocycles. The van der Waals surface area contributed by atoms with E-state index in [-0.39, 0.29) is 17.5 Å². The monoisotopic (exact) mass is 501 g/mol. The lowest BCUT2D eigenvalue weighted by molar-refractivity contribution is -0.122. The number of aryl methyl sites for hydroxylation is 1. The number of carbonyl (C=O) groups is 2. The third kappa shape index (κ3) is 7.85. The quantitative estimate of drug-likeness (QED) is 0.283. The summed E-state index contributed by atoms with van der Waals surface area (Å²) in [5.41, 5.74) is 2.34. The maximum absolute atomic E-state index is 13.9. The Balaban J connectivity index is 1.53. The van der Waals surface area contributed by atoms with Crippen LogP contribution in [0, 0.1) is 11.8 Å². The molecular weight excluding hydrogens is 462 g/mol. The summed E-state index contributed by atoms with van der Waals surface area (Å²) in [7, 11) is 0. The molecule has 0 unspecified atom stereocenters. The Morgan fingerprint density at radius 3 is 2.49 bits per heavy atom. The first-order valence-corrected chi connectivity index (χ1v) is 13.8. The van der Waals surface area contributed by atoms with Crippen LogP contribution in [0.15, 0.2) is 59.1 Å². The van der Waals surface area contributed by atoms with Crippen molar-refractivity contribution in [1.29, 1.82) is 0 Å². The van der Waals surface area contributed by atoms with Crippen LogP contribution in [-0.4, -0.2) is 27.7 Å². The molecule has 1 saturated carbocycles. The molecule has 3 aromatic rings. The summed E-state index contributed by atoms with van der Waals surface area (Å²) in [5, 5.41) is 3.06. The molecule has 2 heterocycles. The van der Waals surface area contributed by atoms with Crippen LogP contribution in [0.1, 0.15) is 87.0 Å². The molecule has 0 spiro atoms. The average molecular weight is 502 g/mol. The van der Waals surface area contributed by atoms with Gasteiger partial charge in [0.25, 0.3) is 0 Å². The number of amides is 1. The lowest BCUT2D eigenvalue weighted by Crippen LogP contribution is -2.41. The number of hydrogen-bond donors (Lipinski definition) is 1. The third-order valence-electron chi connectivity index (χ3n) is 7.13. The van der Waals surface area contributed by atoms with Crippen molar-refractivity contribution in [2.45, 2.75) is 84.1 Å². The molecule has 0 aliphatic heterocycles. The molecule has 6 heteroatoms. The summed E-state index contributed by atoms with van der Waals surface area (Å²) in [4.78, 5) is 35.9. The van der Waals surface area contributed by atoms with E-state index >= 15 is 0 Å². The zero-order valence-electron chi connectivity index (χ0n) is 22.1. The van der Waals surface area contributed by atoms with Gasteiger partial charge in [0.15, 0.2) is 5.76 Å². The molecule has 6 nitrogen and oxygen atoms in total. The second kappa shape index (κ2) is 13.3. The van der Waals surface area contributed by atoms with Gasteiger partial charge in [0.1, 0.15) is 5.69 Å². The smallest absolute Gasteiger partial charge is 0.246 e. The summed E-state index contributed by atoms with van der Waals surface area (Å²) in [6.07, 6.45) is 11.0. The summed E-state index contributed by atoms with van der Waals surface area (Å²) in [6, 6.07) is 14.9. The maximum Gasteiger partial charge on any atom is 0.246 e. The van der Waals surface area contributed by atoms with Crippen LogP contribution < -0.4 is 5.32 Å². The number of carbonyl (C=O) groups excluding carboxylic acids is 2. The Morgan fingerprint density at radius 2 is 1.78 bits per heavy atom. The molecule has 4 rings (SSSR count). The molecule has 0 bridgehead atoms. The molecule has 1 atom stereocenters. The van der Waals surface area contributed by atoms with Crippen LogP contribution in [-0.2, 0) is 17.6 Å². The van der Waals surface area contributed by atoms with E-state index in [0.717, 1.165) is 12.0 Å². The highest BCUT2D eigenvalue weighted by Gasteiger charge is 2.30. The standard InChI is InChI=1S/C31H39N3O3/c1-22(2)21-27-30(37-31(34-27)26-15-9-10-20-32-26)29(36)25(18-16-23-11-5-3-6-12-23)33-28(35)19-17-24-13-7-4-8-14-24/h3,5-6,9-12,15,20,22,24-25H,4,7-8,13-14,16-19,21H2,1-2H3,(H,33,35)/t25-/m0/s1. The van der Waals surface area contributed by atoms with E-state index in [4.69, 9.17) is 4.42 Å². The second-order valence-electron chi connectivity index (χ2n) is 10.7. The molecule has 1 fully saturated rings. The van der Waals surface area contributed by atoms with E-state index in [1.807, 2.05) is 48.5 Å². The van der Waals surface area contributed by atoms with Crippen LogP contribution in [0.25, 0.3) is 11.6 Å². The normalized spacial score (nSPS) is 15.0. The van der Waals surface area contributed by atoms with Crippen LogP contribution in [0.5, 0.6) is 0 Å². The fourth-order valence-electron chi connectivity index (χ4n) is 5.13. The number of nitrogens with zero attached hydrogens (tertiary/aromatic N) is 2. The van der Waals surface area contributed by atoms with Gasteiger partial charge < -0.3 is 9.73 Å². The maximum atomic E-state index is 13.9. The molecule has 0 radical (unpaired) electrons. The van der Waals surface area contributed by atoms with Crippen molar-refractivity contribution < 1.29 is 14.0 Å². The van der Waals surface area contributed by atoms with Gasteiger partial charge in [0, 0.05) is 12.6 Å². The number of benzene rings is 1. The Kier molecular flexibility index (Phi) is 9.64. The van der Waals surface area contributed by atoms with Gasteiger partial charge in [0.2, 0.25) is 17.6 Å². The van der Waals surface area contributed by atoms with Crippen molar-refractivity contribution in [3.8, 4) is 11.6 Å². The average Bonchev–Trinajstić information content (AvgIpc) is 3.34. The molecule has 37 heavy (non-hydrogen) atoms. The number of rotatable bonds is 12. The minimum absolute atomic E-state index is 0.0631. The van der Waals surface area contributed by atoms with Crippen molar-refractivity contribution in [1.82, 2.24) is 15.3 Å². The fourth-order valence-corrected chi connectivity index (χ4v) is 5.13. The van der Waals surface area contributed by atoms with Crippen LogP contribution in [0.2, 0.25) is 0 Å². The Bertz CT molecular complexity index is 1140. The topological polar surface area (TPSA) is 85.1 Å². The molecule has 0 saturated heterocycles. The molecule has 196 valence electrons. The summed E-state index contributed by atoms with van der Waals surface area (Å²) >= 11 is 0. The Morgan fingerprint density at radius 1 is 1.03 bits per heavy atom. The lowest BCUT2D eigenvalue weighted by atomic mass is 9.86. The van der Waals surface area contributed by atoms with Crippen molar-refractivity contribution >= 4 is 11.7 Å². The van der Waals surface area contributed by atoms with Crippen LogP contribution >= 0.6 is 0 Å². The summed E-state index contributed by atoms with van der Waals surface area (Å²) in [6.45, 7) is 4.17. The summed E-state index contributed by atoms with van der Waals surface area (Å²) < 4.78 is 6.06. The predicted molar refractivity (Wildman–Crippen MR) is 145 cm³/mol. The van der Waals surface area contributed by atoms with E-state index in [0.29, 0.717) is 54.8 Å². The van der Waals surface area contributed by atoms with Gasteiger partial charge in [-0.3, -0.25) is 14.6 Å². The van der Waals surface area contributed by atoms with E-state index in [2.05, 4.69) is 29.1 Å². The molecule has 1 amide bonds. The van der Waals surface area contributed by atoms with Crippen LogP contribution in [0.3, 0.4) is 0 Å². The minimum Gasteiger partial charge on any atom is -0.431 e. The van der Waals surface area contributed by atoms with Crippen molar-refractivity contribution in [3.05, 3.63) is 71.7 Å². The second-order valence-corrected chi connectivity index (χ2v) is 10.7. The lowest BCUT2D eigenvalue weighted by Gasteiger charge is -2.22. The number of Topliss-reactive ketones (excluding diaryl/α,β-unsaturated/α-hetero) is 1. The number of oxazole rings is 1. The number of aromatic nitrogens is 2. The van der Waals surface area contributed by atoms with Gasteiger partial charge in [-0.05, 0) is 55.2 Å². The first-order valence-electron chi connectivity index (χ1n) is 13.8. The first-order chi connectivity index (χ1) is 18.0. The van der Waals surface area contributed by atoms with Crippen molar-refractivity contribution in [3.63, 3.8) is 0 Å². The third-order valence-corrected chi connectivity index (χ3v) is 7.13. The molecular formula is C31H39N3O3. The SMILES string of the molecule is CC(C)Cc1nc(-c2ccccn2)oc1C(=O)[C@H](CCc1ccccc1)NC(=O)CCC1CCCCC1. The van der Waals surface area contributed by atoms with E-state index in [9.17, 15) is 9.59 Å². The molecule has 1 aromatic carbocycles. The number of pyridine rings is 1. The highest BCUT2D eigenvalue weighted by atomic mass is 16.4. The van der Waals surface area contributed by atoms with E-state index in [1.165, 1.54) is 32.1 Å². The molecule has 1 N–H and O–H groups in total. The zero-order chi connectivity index (χ0) is 26.0.